The lowest BCUT2D eigenvalue weighted by molar-refractivity contribution is 0.177. The molecule has 1 saturated carbocycles. The molecule has 5 nitrogen and oxygen atoms in total. The molecule has 2 N–H and O–H groups in total. The van der Waals surface area contributed by atoms with Gasteiger partial charge in [0, 0.05) is 12.1 Å². The number of rotatable bonds is 3. The molecule has 19 heavy (non-hydrogen) atoms. The predicted molar refractivity (Wildman–Crippen MR) is 72.3 cm³/mol. The minimum absolute atomic E-state index is 0.343. The van der Waals surface area contributed by atoms with Crippen LogP contribution >= 0.6 is 0 Å². The summed E-state index contributed by atoms with van der Waals surface area (Å²) in [6.45, 7) is 5.29. The molecule has 1 aromatic rings. The molecule has 5 heteroatoms. The Balaban J connectivity index is 1.71. The van der Waals surface area contributed by atoms with E-state index in [-0.39, 0.29) is 5.54 Å². The van der Waals surface area contributed by atoms with Crippen LogP contribution in [0.4, 0.5) is 0 Å². The van der Waals surface area contributed by atoms with E-state index in [0.717, 1.165) is 19.4 Å². The average Bonchev–Trinajstić information content (AvgIpc) is 3.07. The molecule has 2 aliphatic rings. The normalized spacial score (nSPS) is 31.1. The van der Waals surface area contributed by atoms with E-state index in [1.165, 1.54) is 25.7 Å². The van der Waals surface area contributed by atoms with Crippen molar-refractivity contribution in [3.05, 3.63) is 11.7 Å². The minimum atomic E-state index is -0.343. The van der Waals surface area contributed by atoms with Gasteiger partial charge in [0.15, 0.2) is 5.82 Å². The smallest absolute Gasteiger partial charge is 0.240 e. The summed E-state index contributed by atoms with van der Waals surface area (Å²) in [6.07, 6.45) is 6.79. The van der Waals surface area contributed by atoms with Gasteiger partial charge < -0.3 is 10.3 Å². The van der Waals surface area contributed by atoms with Gasteiger partial charge in [0.2, 0.25) is 5.89 Å². The summed E-state index contributed by atoms with van der Waals surface area (Å²) in [5, 5.41) is 4.12. The van der Waals surface area contributed by atoms with E-state index >= 15 is 0 Å². The lowest BCUT2D eigenvalue weighted by Gasteiger charge is -2.23. The fourth-order valence-electron chi connectivity index (χ4n) is 3.47. The summed E-state index contributed by atoms with van der Waals surface area (Å²) in [6, 6.07) is 1.20. The van der Waals surface area contributed by atoms with Gasteiger partial charge in [-0.05, 0) is 39.5 Å². The van der Waals surface area contributed by atoms with Crippen molar-refractivity contribution in [1.82, 2.24) is 15.0 Å². The largest absolute Gasteiger partial charge is 0.338 e. The van der Waals surface area contributed by atoms with Gasteiger partial charge in [-0.15, -0.1) is 0 Å². The van der Waals surface area contributed by atoms with Gasteiger partial charge in [-0.25, -0.2) is 0 Å². The molecule has 106 valence electrons. The number of aromatic nitrogens is 2. The number of nitrogens with two attached hydrogens (primary N) is 1. The van der Waals surface area contributed by atoms with Crippen molar-refractivity contribution in [3.8, 4) is 0 Å². The standard InChI is InChI=1S/C14H24N4O/c1-10-5-6-11(2)18(10)9-12-16-13(17-19-12)14(15)7-3-4-8-14/h10-11H,3-9,15H2,1-2H3. The van der Waals surface area contributed by atoms with Crippen molar-refractivity contribution >= 4 is 0 Å². The monoisotopic (exact) mass is 264 g/mol. The molecule has 1 aliphatic heterocycles. The average molecular weight is 264 g/mol. The van der Waals surface area contributed by atoms with Crippen LogP contribution < -0.4 is 5.73 Å². The zero-order valence-electron chi connectivity index (χ0n) is 11.9. The van der Waals surface area contributed by atoms with Crippen LogP contribution in [0, 0.1) is 0 Å². The Bertz CT molecular complexity index is 428. The topological polar surface area (TPSA) is 68.2 Å². The Morgan fingerprint density at radius 1 is 1.26 bits per heavy atom. The zero-order chi connectivity index (χ0) is 13.5. The van der Waals surface area contributed by atoms with Crippen LogP contribution in [0.1, 0.15) is 64.1 Å². The van der Waals surface area contributed by atoms with Crippen molar-refractivity contribution in [2.24, 2.45) is 5.73 Å². The maximum atomic E-state index is 6.36. The van der Waals surface area contributed by atoms with Crippen molar-refractivity contribution in [2.75, 3.05) is 0 Å². The molecule has 0 bridgehead atoms. The molecule has 0 amide bonds. The fourth-order valence-corrected chi connectivity index (χ4v) is 3.47. The maximum absolute atomic E-state index is 6.36. The zero-order valence-corrected chi connectivity index (χ0v) is 11.9. The van der Waals surface area contributed by atoms with Crippen molar-refractivity contribution in [1.29, 1.82) is 0 Å². The highest BCUT2D eigenvalue weighted by molar-refractivity contribution is 5.06. The summed E-state index contributed by atoms with van der Waals surface area (Å²) >= 11 is 0. The highest BCUT2D eigenvalue weighted by atomic mass is 16.5. The Kier molecular flexibility index (Phi) is 3.35. The molecular formula is C14H24N4O. The van der Waals surface area contributed by atoms with Crippen molar-refractivity contribution in [3.63, 3.8) is 0 Å². The molecule has 1 saturated heterocycles. The summed E-state index contributed by atoms with van der Waals surface area (Å²) in [5.41, 5.74) is 6.01. The van der Waals surface area contributed by atoms with Crippen LogP contribution in [-0.2, 0) is 12.1 Å². The first-order chi connectivity index (χ1) is 9.08. The Morgan fingerprint density at radius 3 is 2.53 bits per heavy atom. The lowest BCUT2D eigenvalue weighted by atomic mass is 9.99. The van der Waals surface area contributed by atoms with E-state index in [1.54, 1.807) is 0 Å². The Hall–Kier alpha value is -0.940. The highest BCUT2D eigenvalue weighted by Crippen LogP contribution is 2.34. The second-order valence-electron chi connectivity index (χ2n) is 6.32. The van der Waals surface area contributed by atoms with Crippen LogP contribution in [0.2, 0.25) is 0 Å². The van der Waals surface area contributed by atoms with E-state index in [2.05, 4.69) is 28.9 Å². The van der Waals surface area contributed by atoms with Crippen molar-refractivity contribution < 1.29 is 4.52 Å². The number of hydrogen-bond donors (Lipinski definition) is 1. The van der Waals surface area contributed by atoms with Gasteiger partial charge in [-0.1, -0.05) is 18.0 Å². The van der Waals surface area contributed by atoms with Gasteiger partial charge in [0.1, 0.15) is 0 Å². The molecular weight excluding hydrogens is 240 g/mol. The van der Waals surface area contributed by atoms with Crippen molar-refractivity contribution in [2.45, 2.75) is 76.5 Å². The molecule has 1 aliphatic carbocycles. The third-order valence-corrected chi connectivity index (χ3v) is 4.86. The van der Waals surface area contributed by atoms with Crippen LogP contribution in [0.15, 0.2) is 4.52 Å². The van der Waals surface area contributed by atoms with Gasteiger partial charge in [0.25, 0.3) is 0 Å². The van der Waals surface area contributed by atoms with E-state index in [9.17, 15) is 0 Å². The quantitative estimate of drug-likeness (QED) is 0.906. The molecule has 1 aromatic heterocycles. The Labute approximate surface area is 114 Å². The SMILES string of the molecule is CC1CCC(C)N1Cc1nc(C2(N)CCCC2)no1. The number of nitrogens with zero attached hydrogens (tertiary/aromatic N) is 3. The van der Waals surface area contributed by atoms with Crippen LogP contribution in [0.25, 0.3) is 0 Å². The number of hydrogen-bond acceptors (Lipinski definition) is 5. The van der Waals surface area contributed by atoms with Crippen LogP contribution in [0.5, 0.6) is 0 Å². The number of likely N-dealkylation sites (tertiary alicyclic amines) is 1. The summed E-state index contributed by atoms with van der Waals surface area (Å²) in [7, 11) is 0. The second-order valence-corrected chi connectivity index (χ2v) is 6.32. The third kappa shape index (κ3) is 2.41. The first kappa shape index (κ1) is 13.1. The Morgan fingerprint density at radius 2 is 1.89 bits per heavy atom. The van der Waals surface area contributed by atoms with Gasteiger partial charge in [-0.2, -0.15) is 4.98 Å². The molecule has 2 heterocycles. The molecule has 2 fully saturated rings. The minimum Gasteiger partial charge on any atom is -0.338 e. The highest BCUT2D eigenvalue weighted by Gasteiger charge is 2.36. The van der Waals surface area contributed by atoms with Gasteiger partial charge in [-0.3, -0.25) is 4.90 Å². The summed E-state index contributed by atoms with van der Waals surface area (Å²) in [5.74, 6) is 1.42. The van der Waals surface area contributed by atoms with E-state index in [4.69, 9.17) is 10.3 Å². The maximum Gasteiger partial charge on any atom is 0.240 e. The van der Waals surface area contributed by atoms with E-state index in [0.29, 0.717) is 23.8 Å². The first-order valence-corrected chi connectivity index (χ1v) is 7.46. The van der Waals surface area contributed by atoms with E-state index < -0.39 is 0 Å². The van der Waals surface area contributed by atoms with E-state index in [1.807, 2.05) is 0 Å². The lowest BCUT2D eigenvalue weighted by Crippen LogP contribution is -2.35. The first-order valence-electron chi connectivity index (χ1n) is 7.46. The molecule has 0 radical (unpaired) electrons. The fraction of sp³-hybridized carbons (Fsp3) is 0.857. The van der Waals surface area contributed by atoms with Crippen LogP contribution in [0.3, 0.4) is 0 Å². The molecule has 3 rings (SSSR count). The summed E-state index contributed by atoms with van der Waals surface area (Å²) < 4.78 is 5.42. The van der Waals surface area contributed by atoms with Gasteiger partial charge in [0.05, 0.1) is 12.1 Å². The molecule has 0 spiro atoms. The van der Waals surface area contributed by atoms with Gasteiger partial charge >= 0.3 is 0 Å². The summed E-state index contributed by atoms with van der Waals surface area (Å²) in [4.78, 5) is 6.99. The van der Waals surface area contributed by atoms with Crippen LogP contribution in [-0.4, -0.2) is 27.1 Å². The molecule has 2 unspecified atom stereocenters. The predicted octanol–water partition coefficient (Wildman–Crippen LogP) is 2.17. The molecule has 2 atom stereocenters. The molecule has 0 aromatic carbocycles. The third-order valence-electron chi connectivity index (χ3n) is 4.86. The second kappa shape index (κ2) is 4.87.